The van der Waals surface area contributed by atoms with Crippen molar-refractivity contribution in [3.05, 3.63) is 16.4 Å². The molecule has 0 aliphatic heterocycles. The van der Waals surface area contributed by atoms with Crippen LogP contribution in [0.15, 0.2) is 6.07 Å². The quantitative estimate of drug-likeness (QED) is 0.592. The predicted molar refractivity (Wildman–Crippen MR) is 36.5 cm³/mol. The van der Waals surface area contributed by atoms with Crippen molar-refractivity contribution in [1.29, 1.82) is 0 Å². The zero-order valence-corrected chi connectivity index (χ0v) is 5.82. The molecule has 0 bridgehead atoms. The van der Waals surface area contributed by atoms with Crippen molar-refractivity contribution < 1.29 is 0 Å². The highest BCUT2D eigenvalue weighted by Gasteiger charge is 1.94. The summed E-state index contributed by atoms with van der Waals surface area (Å²) in [7, 11) is 0. The molecule has 0 atom stereocenters. The third-order valence-corrected chi connectivity index (χ3v) is 1.07. The molecule has 9 heavy (non-hydrogen) atoms. The van der Waals surface area contributed by atoms with Crippen molar-refractivity contribution in [2.45, 2.75) is 0 Å². The van der Waals surface area contributed by atoms with Crippen molar-refractivity contribution in [3.8, 4) is 0 Å². The molecule has 48 valence electrons. The lowest BCUT2D eigenvalue weighted by Gasteiger charge is -1.91. The van der Waals surface area contributed by atoms with Crippen molar-refractivity contribution in [2.24, 2.45) is 0 Å². The summed E-state index contributed by atoms with van der Waals surface area (Å²) in [5.74, 6) is 0.0903. The SMILES string of the molecule is Nc1nc(Cl)[14cH]c(Cl)n1. The van der Waals surface area contributed by atoms with Gasteiger partial charge in [-0.05, 0) is 0 Å². The molecule has 1 aromatic heterocycles. The third-order valence-electron chi connectivity index (χ3n) is 0.681. The standard InChI is InChI=1S/C4H3Cl2N3/c5-2-1-3(6)9-4(7)8-2/h1H,(H2,7,8,9)/i1+2. The number of nitrogen functional groups attached to an aromatic ring is 1. The lowest BCUT2D eigenvalue weighted by molar-refractivity contribution is 1.19. The van der Waals surface area contributed by atoms with E-state index in [1.165, 1.54) is 6.07 Å². The first-order valence-corrected chi connectivity index (χ1v) is 2.89. The zero-order valence-electron chi connectivity index (χ0n) is 4.31. The van der Waals surface area contributed by atoms with Crippen molar-refractivity contribution in [2.75, 3.05) is 5.73 Å². The molecule has 0 saturated carbocycles. The van der Waals surface area contributed by atoms with Gasteiger partial charge in [-0.3, -0.25) is 0 Å². The fraction of sp³-hybridized carbons (Fsp3) is 0. The molecule has 1 aromatic rings. The molecule has 0 fully saturated rings. The third kappa shape index (κ3) is 1.69. The second-order valence-corrected chi connectivity index (χ2v) is 2.15. The molecular weight excluding hydrogens is 163 g/mol. The molecule has 0 unspecified atom stereocenters. The van der Waals surface area contributed by atoms with Gasteiger partial charge in [0.2, 0.25) is 5.95 Å². The lowest BCUT2D eigenvalue weighted by Crippen LogP contribution is -1.93. The fourth-order valence-corrected chi connectivity index (χ4v) is 0.842. The summed E-state index contributed by atoms with van der Waals surface area (Å²) in [6.07, 6.45) is 0. The Morgan fingerprint density at radius 1 is 1.22 bits per heavy atom. The summed E-state index contributed by atoms with van der Waals surface area (Å²) in [6.45, 7) is 0. The lowest BCUT2D eigenvalue weighted by atomic mass is 11.0. The van der Waals surface area contributed by atoms with E-state index in [0.717, 1.165) is 0 Å². The van der Waals surface area contributed by atoms with Gasteiger partial charge in [-0.25, -0.2) is 9.97 Å². The van der Waals surface area contributed by atoms with E-state index < -0.39 is 0 Å². The molecule has 0 spiro atoms. The molecule has 0 radical (unpaired) electrons. The first-order chi connectivity index (χ1) is 4.18. The minimum absolute atomic E-state index is 0.0903. The first-order valence-electron chi connectivity index (χ1n) is 2.14. The van der Waals surface area contributed by atoms with Crippen LogP contribution in [0.25, 0.3) is 0 Å². The zero-order chi connectivity index (χ0) is 6.85. The van der Waals surface area contributed by atoms with Crippen LogP contribution in [0.1, 0.15) is 0 Å². The van der Waals surface area contributed by atoms with Gasteiger partial charge in [0, 0.05) is 6.07 Å². The fourth-order valence-electron chi connectivity index (χ4n) is 0.407. The minimum Gasteiger partial charge on any atom is -0.368 e. The van der Waals surface area contributed by atoms with Crippen LogP contribution in [0.4, 0.5) is 5.95 Å². The Labute approximate surface area is 61.8 Å². The summed E-state index contributed by atoms with van der Waals surface area (Å²) in [6, 6.07) is 1.42. The molecule has 1 rings (SSSR count). The van der Waals surface area contributed by atoms with E-state index in [2.05, 4.69) is 9.97 Å². The Hall–Kier alpha value is -0.540. The van der Waals surface area contributed by atoms with Crippen LogP contribution < -0.4 is 5.73 Å². The van der Waals surface area contributed by atoms with E-state index in [4.69, 9.17) is 28.9 Å². The summed E-state index contributed by atoms with van der Waals surface area (Å²) in [5, 5.41) is 0.514. The maximum Gasteiger partial charge on any atom is 0.222 e. The number of rotatable bonds is 0. The van der Waals surface area contributed by atoms with E-state index in [1.807, 2.05) is 0 Å². The van der Waals surface area contributed by atoms with Crippen LogP contribution in [-0.4, -0.2) is 9.97 Å². The van der Waals surface area contributed by atoms with E-state index in [-0.39, 0.29) is 16.3 Å². The first kappa shape index (κ1) is 6.58. The molecule has 0 aliphatic rings. The van der Waals surface area contributed by atoms with Gasteiger partial charge in [0.15, 0.2) is 0 Å². The highest BCUT2D eigenvalue weighted by atomic mass is 35.5. The Balaban J connectivity index is 3.17. The van der Waals surface area contributed by atoms with Crippen LogP contribution >= 0.6 is 23.2 Å². The average Bonchev–Trinajstić information content (AvgIpc) is 1.59. The summed E-state index contributed by atoms with van der Waals surface area (Å²) in [4.78, 5) is 7.16. The summed E-state index contributed by atoms with van der Waals surface area (Å²) >= 11 is 10.9. The number of aromatic nitrogens is 2. The van der Waals surface area contributed by atoms with Gasteiger partial charge in [0.25, 0.3) is 0 Å². The summed E-state index contributed by atoms with van der Waals surface area (Å²) in [5.41, 5.74) is 5.17. The van der Waals surface area contributed by atoms with E-state index in [9.17, 15) is 0 Å². The van der Waals surface area contributed by atoms with Crippen LogP contribution in [-0.2, 0) is 0 Å². The highest BCUT2D eigenvalue weighted by Crippen LogP contribution is 2.11. The van der Waals surface area contributed by atoms with Gasteiger partial charge >= 0.3 is 0 Å². The van der Waals surface area contributed by atoms with Crippen molar-refractivity contribution in [1.82, 2.24) is 9.97 Å². The Morgan fingerprint density at radius 2 is 1.67 bits per heavy atom. The van der Waals surface area contributed by atoms with Crippen LogP contribution in [0.2, 0.25) is 10.3 Å². The van der Waals surface area contributed by atoms with Gasteiger partial charge < -0.3 is 5.73 Å². The number of hydrogen-bond acceptors (Lipinski definition) is 3. The van der Waals surface area contributed by atoms with E-state index in [0.29, 0.717) is 0 Å². The molecule has 2 N–H and O–H groups in total. The molecule has 0 saturated heterocycles. The normalized spacial score (nSPS) is 9.56. The molecular formula is C4H3Cl2N3. The van der Waals surface area contributed by atoms with Crippen LogP contribution in [0.5, 0.6) is 0 Å². The minimum atomic E-state index is 0.0903. The second kappa shape index (κ2) is 2.37. The van der Waals surface area contributed by atoms with Gasteiger partial charge in [-0.15, -0.1) is 0 Å². The second-order valence-electron chi connectivity index (χ2n) is 1.37. The van der Waals surface area contributed by atoms with Gasteiger partial charge in [-0.1, -0.05) is 23.2 Å². The number of hydrogen-bond donors (Lipinski definition) is 1. The maximum atomic E-state index is 5.43. The molecule has 0 amide bonds. The number of nitrogens with two attached hydrogens (primary N) is 1. The molecule has 0 aliphatic carbocycles. The van der Waals surface area contributed by atoms with E-state index >= 15 is 0 Å². The molecule has 5 heteroatoms. The van der Waals surface area contributed by atoms with Crippen LogP contribution in [0.3, 0.4) is 0 Å². The maximum absolute atomic E-state index is 5.43. The number of anilines is 1. The van der Waals surface area contributed by atoms with Crippen LogP contribution in [0, 0.1) is 0 Å². The Morgan fingerprint density at radius 3 is 2.00 bits per heavy atom. The van der Waals surface area contributed by atoms with Crippen molar-refractivity contribution >= 4 is 29.2 Å². The Bertz CT molecular complexity index is 175. The molecule has 1 heterocycles. The largest absolute Gasteiger partial charge is 0.368 e. The summed E-state index contributed by atoms with van der Waals surface area (Å²) < 4.78 is 0. The van der Waals surface area contributed by atoms with Gasteiger partial charge in [-0.2, -0.15) is 0 Å². The van der Waals surface area contributed by atoms with Crippen molar-refractivity contribution in [3.63, 3.8) is 0 Å². The number of nitrogens with zero attached hydrogens (tertiary/aromatic N) is 2. The molecule has 0 aromatic carbocycles. The van der Waals surface area contributed by atoms with Gasteiger partial charge in [0.1, 0.15) is 10.3 Å². The smallest absolute Gasteiger partial charge is 0.222 e. The number of halogens is 2. The van der Waals surface area contributed by atoms with E-state index in [1.54, 1.807) is 0 Å². The highest BCUT2D eigenvalue weighted by molar-refractivity contribution is 6.33. The Kier molecular flexibility index (Phi) is 1.73. The predicted octanol–water partition coefficient (Wildman–Crippen LogP) is 1.37. The topological polar surface area (TPSA) is 51.8 Å². The monoisotopic (exact) mass is 165 g/mol. The molecule has 3 nitrogen and oxygen atoms in total. The van der Waals surface area contributed by atoms with Gasteiger partial charge in [0.05, 0.1) is 0 Å². The average molecular weight is 166 g/mol.